The van der Waals surface area contributed by atoms with Crippen molar-refractivity contribution in [2.24, 2.45) is 0 Å². The summed E-state index contributed by atoms with van der Waals surface area (Å²) in [5.41, 5.74) is 1.73. The topological polar surface area (TPSA) is 112 Å². The molecule has 37 heavy (non-hydrogen) atoms. The fourth-order valence-corrected chi connectivity index (χ4v) is 3.93. The van der Waals surface area contributed by atoms with E-state index < -0.39 is 11.7 Å². The van der Waals surface area contributed by atoms with Crippen molar-refractivity contribution < 1.29 is 18.4 Å². The summed E-state index contributed by atoms with van der Waals surface area (Å²) in [6.07, 6.45) is 1.46. The molecule has 2 aromatic carbocycles. The highest BCUT2D eigenvalue weighted by Gasteiger charge is 2.19. The molecule has 0 saturated carbocycles. The van der Waals surface area contributed by atoms with Gasteiger partial charge in [-0.1, -0.05) is 16.8 Å². The van der Waals surface area contributed by atoms with E-state index in [9.17, 15) is 14.0 Å². The monoisotopic (exact) mass is 519 g/mol. The molecular weight excluding hydrogens is 501 g/mol. The number of nitrogens with one attached hydrogen (secondary N) is 1. The van der Waals surface area contributed by atoms with Gasteiger partial charge in [-0.2, -0.15) is 4.98 Å². The summed E-state index contributed by atoms with van der Waals surface area (Å²) in [5, 5.41) is 6.84. The van der Waals surface area contributed by atoms with E-state index in [-0.39, 0.29) is 39.7 Å². The Bertz CT molecular complexity index is 1700. The lowest BCUT2D eigenvalue weighted by Crippen LogP contribution is -2.22. The van der Waals surface area contributed by atoms with Crippen molar-refractivity contribution in [3.8, 4) is 28.6 Å². The number of carbonyl (C=O) groups is 1. The number of aromatic nitrogens is 4. The molecule has 9 nitrogen and oxygen atoms in total. The number of fused-ring (bicyclic) bond motifs is 1. The minimum Gasteiger partial charge on any atom is -0.497 e. The molecule has 1 N–H and O–H groups in total. The number of methoxy groups -OCH3 is 1. The Labute approximate surface area is 214 Å². The minimum absolute atomic E-state index is 0.00207. The Morgan fingerprint density at radius 1 is 1.14 bits per heavy atom. The van der Waals surface area contributed by atoms with Crippen molar-refractivity contribution >= 4 is 34.2 Å². The van der Waals surface area contributed by atoms with Crippen LogP contribution in [0.5, 0.6) is 5.75 Å². The van der Waals surface area contributed by atoms with E-state index in [2.05, 4.69) is 20.4 Å². The molecule has 5 aromatic rings. The summed E-state index contributed by atoms with van der Waals surface area (Å²) in [4.78, 5) is 35.0. The summed E-state index contributed by atoms with van der Waals surface area (Å²) in [6, 6.07) is 14.3. The van der Waals surface area contributed by atoms with Crippen molar-refractivity contribution in [3.05, 3.63) is 87.6 Å². The second-order valence-electron chi connectivity index (χ2n) is 8.15. The highest BCUT2D eigenvalue weighted by Crippen LogP contribution is 2.24. The molecule has 0 spiro atoms. The summed E-state index contributed by atoms with van der Waals surface area (Å²) >= 11 is 5.81. The van der Waals surface area contributed by atoms with E-state index in [0.29, 0.717) is 28.3 Å². The third-order valence-corrected chi connectivity index (χ3v) is 5.87. The van der Waals surface area contributed by atoms with Gasteiger partial charge in [0.25, 0.3) is 5.89 Å². The molecule has 0 aliphatic rings. The van der Waals surface area contributed by atoms with Gasteiger partial charge in [-0.15, -0.1) is 0 Å². The van der Waals surface area contributed by atoms with Crippen molar-refractivity contribution in [2.45, 2.75) is 13.5 Å². The van der Waals surface area contributed by atoms with Gasteiger partial charge >= 0.3 is 0 Å². The molecule has 0 bridgehead atoms. The summed E-state index contributed by atoms with van der Waals surface area (Å²) in [7, 11) is 1.57. The standard InChI is InChI=1S/C26H19ClFN5O4/c1-14-3-9-18-23(35)19(26-31-24(32-37-26)15-4-7-17(36-2)8-5-15)12-33(25(18)29-14)13-22(34)30-16-6-10-21(28)20(27)11-16/h3-12H,13H2,1-2H3,(H,30,34). The Morgan fingerprint density at radius 3 is 2.65 bits per heavy atom. The minimum atomic E-state index is -0.594. The number of amides is 1. The van der Waals surface area contributed by atoms with Crippen LogP contribution in [0.2, 0.25) is 5.02 Å². The van der Waals surface area contributed by atoms with Gasteiger partial charge in [0, 0.05) is 23.1 Å². The average molecular weight is 520 g/mol. The number of benzene rings is 2. The summed E-state index contributed by atoms with van der Waals surface area (Å²) < 4.78 is 25.6. The van der Waals surface area contributed by atoms with E-state index in [1.165, 1.54) is 22.9 Å². The molecule has 11 heteroatoms. The maximum Gasteiger partial charge on any atom is 0.263 e. The molecule has 0 aliphatic heterocycles. The number of carbonyl (C=O) groups excluding carboxylic acids is 1. The van der Waals surface area contributed by atoms with Crippen molar-refractivity contribution in [1.29, 1.82) is 0 Å². The lowest BCUT2D eigenvalue weighted by atomic mass is 10.1. The van der Waals surface area contributed by atoms with Crippen LogP contribution < -0.4 is 15.5 Å². The maximum atomic E-state index is 13.5. The third-order valence-electron chi connectivity index (χ3n) is 5.58. The van der Waals surface area contributed by atoms with Crippen LogP contribution in [0.15, 0.2) is 70.1 Å². The van der Waals surface area contributed by atoms with Crippen LogP contribution in [0.1, 0.15) is 5.69 Å². The molecule has 1 amide bonds. The van der Waals surface area contributed by atoms with E-state index in [0.717, 1.165) is 6.07 Å². The van der Waals surface area contributed by atoms with Crippen LogP contribution >= 0.6 is 11.6 Å². The third kappa shape index (κ3) is 4.91. The van der Waals surface area contributed by atoms with Crippen molar-refractivity contribution in [3.63, 3.8) is 0 Å². The average Bonchev–Trinajstić information content (AvgIpc) is 3.38. The zero-order chi connectivity index (χ0) is 26.1. The highest BCUT2D eigenvalue weighted by molar-refractivity contribution is 6.31. The largest absolute Gasteiger partial charge is 0.497 e. The maximum absolute atomic E-state index is 13.5. The lowest BCUT2D eigenvalue weighted by molar-refractivity contribution is -0.116. The van der Waals surface area contributed by atoms with Crippen LogP contribution in [-0.4, -0.2) is 32.7 Å². The molecule has 0 unspecified atom stereocenters. The molecule has 0 atom stereocenters. The second kappa shape index (κ2) is 9.82. The first-order chi connectivity index (χ1) is 17.8. The second-order valence-corrected chi connectivity index (χ2v) is 8.56. The number of halogens is 2. The Morgan fingerprint density at radius 2 is 1.92 bits per heavy atom. The number of nitrogens with zero attached hydrogens (tertiary/aromatic N) is 4. The predicted molar refractivity (Wildman–Crippen MR) is 136 cm³/mol. The van der Waals surface area contributed by atoms with Crippen LogP contribution in [0, 0.1) is 12.7 Å². The van der Waals surface area contributed by atoms with Gasteiger partial charge in [0.1, 0.15) is 29.3 Å². The fourth-order valence-electron chi connectivity index (χ4n) is 3.75. The van der Waals surface area contributed by atoms with Crippen LogP contribution in [-0.2, 0) is 11.3 Å². The van der Waals surface area contributed by atoms with Crippen LogP contribution in [0.4, 0.5) is 10.1 Å². The molecule has 3 heterocycles. The SMILES string of the molecule is COc1ccc(-c2noc(-c3cn(CC(=O)Nc4ccc(F)c(Cl)c4)c4nc(C)ccc4c3=O)n2)cc1. The van der Waals surface area contributed by atoms with Crippen molar-refractivity contribution in [1.82, 2.24) is 19.7 Å². The zero-order valence-corrected chi connectivity index (χ0v) is 20.4. The molecule has 186 valence electrons. The molecule has 0 radical (unpaired) electrons. The zero-order valence-electron chi connectivity index (χ0n) is 19.7. The summed E-state index contributed by atoms with van der Waals surface area (Å²) in [5.74, 6) is -0.0708. The number of aryl methyl sites for hydroxylation is 1. The fraction of sp³-hybridized carbons (Fsp3) is 0.115. The molecule has 0 saturated heterocycles. The quantitative estimate of drug-likeness (QED) is 0.341. The number of pyridine rings is 2. The van der Waals surface area contributed by atoms with Gasteiger partial charge in [0.2, 0.25) is 17.2 Å². The van der Waals surface area contributed by atoms with Gasteiger partial charge in [-0.25, -0.2) is 9.37 Å². The van der Waals surface area contributed by atoms with Gasteiger partial charge < -0.3 is 19.1 Å². The Kier molecular flexibility index (Phi) is 6.41. The van der Waals surface area contributed by atoms with Gasteiger partial charge in [0.05, 0.1) is 17.5 Å². The van der Waals surface area contributed by atoms with Crippen LogP contribution in [0.3, 0.4) is 0 Å². The normalized spacial score (nSPS) is 11.0. The van der Waals surface area contributed by atoms with Crippen molar-refractivity contribution in [2.75, 3.05) is 12.4 Å². The number of rotatable bonds is 6. The number of anilines is 1. The first-order valence-corrected chi connectivity index (χ1v) is 11.4. The lowest BCUT2D eigenvalue weighted by Gasteiger charge is -2.12. The molecule has 3 aromatic heterocycles. The molecule has 5 rings (SSSR count). The predicted octanol–water partition coefficient (Wildman–Crippen LogP) is 4.86. The smallest absolute Gasteiger partial charge is 0.263 e. The number of hydrogen-bond acceptors (Lipinski definition) is 7. The number of ether oxygens (including phenoxy) is 1. The Balaban J connectivity index is 1.52. The van der Waals surface area contributed by atoms with Gasteiger partial charge in [0.15, 0.2) is 0 Å². The molecule has 0 aliphatic carbocycles. The summed E-state index contributed by atoms with van der Waals surface area (Å²) in [6.45, 7) is 1.58. The van der Waals surface area contributed by atoms with E-state index in [1.807, 2.05) is 0 Å². The highest BCUT2D eigenvalue weighted by atomic mass is 35.5. The molecule has 0 fully saturated rings. The Hall–Kier alpha value is -4.57. The number of hydrogen-bond donors (Lipinski definition) is 1. The van der Waals surface area contributed by atoms with E-state index >= 15 is 0 Å². The first-order valence-electron chi connectivity index (χ1n) is 11.1. The first kappa shape index (κ1) is 24.1. The van der Waals surface area contributed by atoms with Gasteiger partial charge in [-0.05, 0) is 61.5 Å². The van der Waals surface area contributed by atoms with Crippen LogP contribution in [0.25, 0.3) is 33.9 Å². The molecular formula is C26H19ClFN5O4. The van der Waals surface area contributed by atoms with Gasteiger partial charge in [-0.3, -0.25) is 9.59 Å². The van der Waals surface area contributed by atoms with E-state index in [4.69, 9.17) is 20.9 Å². The van der Waals surface area contributed by atoms with E-state index in [1.54, 1.807) is 50.4 Å².